The highest BCUT2D eigenvalue weighted by atomic mass is 15.1. The first-order chi connectivity index (χ1) is 8.34. The highest BCUT2D eigenvalue weighted by Crippen LogP contribution is 2.26. The topological polar surface area (TPSA) is 21.1 Å². The average molecular weight is 227 g/mol. The fraction of sp³-hybridized carbons (Fsp3) is 0.357. The van der Waals surface area contributed by atoms with E-state index in [1.807, 2.05) is 23.3 Å². The number of imidazole rings is 1. The van der Waals surface area contributed by atoms with E-state index in [-0.39, 0.29) is 0 Å². The minimum absolute atomic E-state index is 1.18. The number of aromatic nitrogens is 2. The number of rotatable bonds is 2. The molecule has 0 radical (unpaired) electrons. The van der Waals surface area contributed by atoms with Gasteiger partial charge >= 0.3 is 0 Å². The van der Waals surface area contributed by atoms with Crippen LogP contribution in [0.2, 0.25) is 0 Å². The lowest BCUT2D eigenvalue weighted by atomic mass is 10.1. The minimum Gasteiger partial charge on any atom is -0.371 e. The smallest absolute Gasteiger partial charge is 0.0991 e. The summed E-state index contributed by atoms with van der Waals surface area (Å²) in [6.45, 7) is 4.59. The van der Waals surface area contributed by atoms with Crippen molar-refractivity contribution in [3.63, 3.8) is 0 Å². The summed E-state index contributed by atoms with van der Waals surface area (Å²) < 4.78 is 2.04. The van der Waals surface area contributed by atoms with E-state index in [4.69, 9.17) is 0 Å². The zero-order valence-electron chi connectivity index (χ0n) is 10.1. The first-order valence-electron chi connectivity index (χ1n) is 6.18. The van der Waals surface area contributed by atoms with Crippen LogP contribution in [0.1, 0.15) is 18.4 Å². The Morgan fingerprint density at radius 1 is 1.18 bits per heavy atom. The minimum atomic E-state index is 1.18. The maximum absolute atomic E-state index is 4.08. The van der Waals surface area contributed by atoms with Gasteiger partial charge in [-0.3, -0.25) is 0 Å². The zero-order chi connectivity index (χ0) is 11.7. The quantitative estimate of drug-likeness (QED) is 0.786. The number of anilines is 1. The van der Waals surface area contributed by atoms with Crippen LogP contribution in [0.25, 0.3) is 5.69 Å². The van der Waals surface area contributed by atoms with Gasteiger partial charge in [-0.2, -0.15) is 0 Å². The van der Waals surface area contributed by atoms with Gasteiger partial charge in [0.2, 0.25) is 0 Å². The highest BCUT2D eigenvalue weighted by Gasteiger charge is 2.14. The monoisotopic (exact) mass is 227 g/mol. The summed E-state index contributed by atoms with van der Waals surface area (Å²) in [5.41, 5.74) is 3.91. The Bertz CT molecular complexity index is 496. The maximum atomic E-state index is 4.08. The van der Waals surface area contributed by atoms with E-state index in [2.05, 4.69) is 35.0 Å². The van der Waals surface area contributed by atoms with Crippen molar-refractivity contribution in [2.45, 2.75) is 19.8 Å². The number of hydrogen-bond acceptors (Lipinski definition) is 2. The Hall–Kier alpha value is -1.77. The lowest BCUT2D eigenvalue weighted by Gasteiger charge is -2.20. The zero-order valence-corrected chi connectivity index (χ0v) is 10.1. The van der Waals surface area contributed by atoms with Crippen LogP contribution >= 0.6 is 0 Å². The van der Waals surface area contributed by atoms with Crippen LogP contribution in [-0.4, -0.2) is 22.6 Å². The van der Waals surface area contributed by atoms with Gasteiger partial charge < -0.3 is 9.47 Å². The van der Waals surface area contributed by atoms with Crippen LogP contribution in [0.4, 0.5) is 5.69 Å². The Kier molecular flexibility index (Phi) is 2.59. The normalized spacial score (nSPS) is 15.5. The molecule has 0 spiro atoms. The van der Waals surface area contributed by atoms with E-state index in [1.165, 1.54) is 42.9 Å². The molecule has 0 aliphatic carbocycles. The van der Waals surface area contributed by atoms with Gasteiger partial charge in [0.25, 0.3) is 0 Å². The van der Waals surface area contributed by atoms with Crippen molar-refractivity contribution in [1.29, 1.82) is 0 Å². The number of aryl methyl sites for hydroxylation is 1. The second-order valence-electron chi connectivity index (χ2n) is 4.63. The predicted octanol–water partition coefficient (Wildman–Crippen LogP) is 2.78. The molecule has 0 amide bonds. The van der Waals surface area contributed by atoms with E-state index < -0.39 is 0 Å². The van der Waals surface area contributed by atoms with Crippen molar-refractivity contribution < 1.29 is 0 Å². The highest BCUT2D eigenvalue weighted by molar-refractivity contribution is 5.57. The number of nitrogens with zero attached hydrogens (tertiary/aromatic N) is 3. The second-order valence-corrected chi connectivity index (χ2v) is 4.63. The molecule has 1 aromatic heterocycles. The van der Waals surface area contributed by atoms with Crippen molar-refractivity contribution in [2.24, 2.45) is 0 Å². The molecule has 88 valence electrons. The Balaban J connectivity index is 1.94. The van der Waals surface area contributed by atoms with Crippen LogP contribution in [-0.2, 0) is 0 Å². The van der Waals surface area contributed by atoms with Crippen molar-refractivity contribution >= 4 is 5.69 Å². The van der Waals surface area contributed by atoms with Gasteiger partial charge in [-0.05, 0) is 43.5 Å². The summed E-state index contributed by atoms with van der Waals surface area (Å²) in [6.07, 6.45) is 8.27. The molecule has 1 fully saturated rings. The molecular weight excluding hydrogens is 210 g/mol. The van der Waals surface area contributed by atoms with E-state index in [1.54, 1.807) is 0 Å². The SMILES string of the molecule is Cc1cc(-n2ccnc2)ccc1N1CCCC1. The molecule has 1 aromatic carbocycles. The van der Waals surface area contributed by atoms with Gasteiger partial charge in [-0.15, -0.1) is 0 Å². The Labute approximate surface area is 102 Å². The van der Waals surface area contributed by atoms with Gasteiger partial charge in [0.15, 0.2) is 0 Å². The molecule has 1 saturated heterocycles. The lowest BCUT2D eigenvalue weighted by Crippen LogP contribution is -2.18. The molecule has 2 aromatic rings. The summed E-state index contributed by atoms with van der Waals surface area (Å²) in [6, 6.07) is 6.63. The predicted molar refractivity (Wildman–Crippen MR) is 69.7 cm³/mol. The van der Waals surface area contributed by atoms with Crippen LogP contribution in [0.15, 0.2) is 36.9 Å². The average Bonchev–Trinajstić information content (AvgIpc) is 3.02. The molecule has 3 nitrogen and oxygen atoms in total. The third-order valence-corrected chi connectivity index (χ3v) is 3.43. The number of hydrogen-bond donors (Lipinski definition) is 0. The van der Waals surface area contributed by atoms with Gasteiger partial charge in [0.05, 0.1) is 6.33 Å². The van der Waals surface area contributed by atoms with Crippen LogP contribution in [0, 0.1) is 6.92 Å². The summed E-state index contributed by atoms with van der Waals surface area (Å²) in [7, 11) is 0. The fourth-order valence-corrected chi connectivity index (χ4v) is 2.52. The maximum Gasteiger partial charge on any atom is 0.0991 e. The molecule has 0 N–H and O–H groups in total. The van der Waals surface area contributed by atoms with Crippen molar-refractivity contribution in [3.8, 4) is 5.69 Å². The summed E-state index contributed by atoms with van der Waals surface area (Å²) in [4.78, 5) is 6.56. The van der Waals surface area contributed by atoms with Crippen LogP contribution < -0.4 is 4.90 Å². The molecule has 3 rings (SSSR count). The first-order valence-corrected chi connectivity index (χ1v) is 6.18. The first kappa shape index (κ1) is 10.4. The third-order valence-electron chi connectivity index (χ3n) is 3.43. The number of benzene rings is 1. The molecule has 0 saturated carbocycles. The third kappa shape index (κ3) is 1.93. The van der Waals surface area contributed by atoms with Crippen molar-refractivity contribution in [3.05, 3.63) is 42.5 Å². The van der Waals surface area contributed by atoms with E-state index in [9.17, 15) is 0 Å². The summed E-state index contributed by atoms with van der Waals surface area (Å²) in [5, 5.41) is 0. The molecule has 0 unspecified atom stereocenters. The van der Waals surface area contributed by atoms with Crippen LogP contribution in [0.3, 0.4) is 0 Å². The molecule has 0 bridgehead atoms. The molecule has 17 heavy (non-hydrogen) atoms. The van der Waals surface area contributed by atoms with Gasteiger partial charge in [0, 0.05) is 36.9 Å². The fourth-order valence-electron chi connectivity index (χ4n) is 2.52. The lowest BCUT2D eigenvalue weighted by molar-refractivity contribution is 0.949. The second kappa shape index (κ2) is 4.24. The molecule has 1 aliphatic heterocycles. The standard InChI is InChI=1S/C14H17N3/c1-12-10-13(17-9-6-15-11-17)4-5-14(12)16-7-2-3-8-16/h4-6,9-11H,2-3,7-8H2,1H3. The molecular formula is C14H17N3. The summed E-state index contributed by atoms with van der Waals surface area (Å²) in [5.74, 6) is 0. The van der Waals surface area contributed by atoms with Crippen molar-refractivity contribution in [2.75, 3.05) is 18.0 Å². The molecule has 1 aliphatic rings. The molecule has 0 atom stereocenters. The van der Waals surface area contributed by atoms with Gasteiger partial charge in [0.1, 0.15) is 0 Å². The van der Waals surface area contributed by atoms with E-state index >= 15 is 0 Å². The van der Waals surface area contributed by atoms with Crippen molar-refractivity contribution in [1.82, 2.24) is 9.55 Å². The van der Waals surface area contributed by atoms with Gasteiger partial charge in [-0.1, -0.05) is 0 Å². The van der Waals surface area contributed by atoms with Gasteiger partial charge in [-0.25, -0.2) is 4.98 Å². The summed E-state index contributed by atoms with van der Waals surface area (Å²) >= 11 is 0. The Morgan fingerprint density at radius 3 is 2.65 bits per heavy atom. The largest absolute Gasteiger partial charge is 0.371 e. The molecule has 2 heterocycles. The molecule has 3 heteroatoms. The van der Waals surface area contributed by atoms with E-state index in [0.29, 0.717) is 0 Å². The Morgan fingerprint density at radius 2 is 2.00 bits per heavy atom. The van der Waals surface area contributed by atoms with Crippen LogP contribution in [0.5, 0.6) is 0 Å². The van der Waals surface area contributed by atoms with E-state index in [0.717, 1.165) is 0 Å².